The molecule has 0 saturated carbocycles. The molecule has 0 aromatic rings. The van der Waals surface area contributed by atoms with Crippen molar-refractivity contribution in [1.29, 1.82) is 0 Å². The summed E-state index contributed by atoms with van der Waals surface area (Å²) in [6.45, 7) is 7.32. The van der Waals surface area contributed by atoms with Gasteiger partial charge in [0.1, 0.15) is 5.54 Å². The van der Waals surface area contributed by atoms with Crippen molar-refractivity contribution in [2.75, 3.05) is 13.2 Å². The van der Waals surface area contributed by atoms with Gasteiger partial charge in [-0.2, -0.15) is 0 Å². The highest BCUT2D eigenvalue weighted by Gasteiger charge is 2.38. The Kier molecular flexibility index (Phi) is 4.74. The minimum Gasteiger partial charge on any atom is -0.379 e. The Bertz CT molecular complexity index is 237. The van der Waals surface area contributed by atoms with Crippen LogP contribution in [0.25, 0.3) is 0 Å². The van der Waals surface area contributed by atoms with E-state index in [-0.39, 0.29) is 11.9 Å². The van der Waals surface area contributed by atoms with Crippen LogP contribution in [0.1, 0.15) is 40.0 Å². The molecular formula is C12H24N2O2. The second-order valence-electron chi connectivity index (χ2n) is 5.08. The molecule has 1 aliphatic rings. The van der Waals surface area contributed by atoms with Crippen LogP contribution >= 0.6 is 0 Å². The highest BCUT2D eigenvalue weighted by Crippen LogP contribution is 2.16. The van der Waals surface area contributed by atoms with Gasteiger partial charge in [0.25, 0.3) is 0 Å². The maximum absolute atomic E-state index is 11.9. The van der Waals surface area contributed by atoms with E-state index in [1.807, 2.05) is 6.92 Å². The number of amides is 1. The first-order chi connectivity index (χ1) is 7.48. The molecule has 0 radical (unpaired) electrons. The van der Waals surface area contributed by atoms with Crippen molar-refractivity contribution >= 4 is 5.91 Å². The second-order valence-corrected chi connectivity index (χ2v) is 5.08. The number of carbonyl (C=O) groups is 1. The van der Waals surface area contributed by atoms with Crippen molar-refractivity contribution in [3.8, 4) is 0 Å². The summed E-state index contributed by atoms with van der Waals surface area (Å²) in [6, 6.07) is 0.184. The van der Waals surface area contributed by atoms with Crippen LogP contribution in [-0.4, -0.2) is 30.7 Å². The number of nitrogens with one attached hydrogen (secondary N) is 1. The van der Waals surface area contributed by atoms with Crippen LogP contribution in [0.5, 0.6) is 0 Å². The summed E-state index contributed by atoms with van der Waals surface area (Å²) in [4.78, 5) is 11.9. The second kappa shape index (κ2) is 5.64. The quantitative estimate of drug-likeness (QED) is 0.739. The van der Waals surface area contributed by atoms with E-state index in [9.17, 15) is 4.79 Å². The molecule has 0 spiro atoms. The predicted molar refractivity (Wildman–Crippen MR) is 64.0 cm³/mol. The fourth-order valence-corrected chi connectivity index (χ4v) is 1.96. The van der Waals surface area contributed by atoms with Crippen molar-refractivity contribution in [3.63, 3.8) is 0 Å². The Morgan fingerprint density at radius 3 is 2.75 bits per heavy atom. The smallest absolute Gasteiger partial charge is 0.242 e. The third-order valence-corrected chi connectivity index (χ3v) is 3.33. The van der Waals surface area contributed by atoms with E-state index in [2.05, 4.69) is 19.2 Å². The first kappa shape index (κ1) is 13.5. The van der Waals surface area contributed by atoms with E-state index >= 15 is 0 Å². The molecule has 1 rings (SSSR count). The average molecular weight is 228 g/mol. The first-order valence-corrected chi connectivity index (χ1v) is 6.15. The van der Waals surface area contributed by atoms with E-state index in [0.29, 0.717) is 25.6 Å². The topological polar surface area (TPSA) is 64.4 Å². The van der Waals surface area contributed by atoms with Gasteiger partial charge in [-0.3, -0.25) is 4.79 Å². The van der Waals surface area contributed by atoms with Crippen molar-refractivity contribution < 1.29 is 9.53 Å². The molecule has 0 aliphatic carbocycles. The lowest BCUT2D eigenvalue weighted by atomic mass is 9.96. The van der Waals surface area contributed by atoms with E-state index < -0.39 is 5.54 Å². The van der Waals surface area contributed by atoms with Gasteiger partial charge >= 0.3 is 0 Å². The molecule has 16 heavy (non-hydrogen) atoms. The molecule has 0 bridgehead atoms. The molecule has 4 heteroatoms. The molecule has 3 unspecified atom stereocenters. The number of hydrogen-bond acceptors (Lipinski definition) is 3. The lowest BCUT2D eigenvalue weighted by Gasteiger charge is -2.25. The van der Waals surface area contributed by atoms with Crippen molar-refractivity contribution in [3.05, 3.63) is 0 Å². The van der Waals surface area contributed by atoms with E-state index in [1.54, 1.807) is 0 Å². The molecule has 1 heterocycles. The minimum atomic E-state index is -0.802. The van der Waals surface area contributed by atoms with Crippen LogP contribution in [0.2, 0.25) is 0 Å². The summed E-state index contributed by atoms with van der Waals surface area (Å²) in [5.41, 5.74) is 5.18. The van der Waals surface area contributed by atoms with Crippen LogP contribution in [-0.2, 0) is 9.53 Å². The summed E-state index contributed by atoms with van der Waals surface area (Å²) < 4.78 is 5.18. The Morgan fingerprint density at radius 2 is 2.25 bits per heavy atom. The predicted octanol–water partition coefficient (Wildman–Crippen LogP) is 1.05. The molecule has 4 nitrogen and oxygen atoms in total. The molecule has 1 fully saturated rings. The van der Waals surface area contributed by atoms with E-state index in [4.69, 9.17) is 10.5 Å². The van der Waals surface area contributed by atoms with Crippen molar-refractivity contribution in [2.24, 2.45) is 11.7 Å². The maximum atomic E-state index is 11.9. The zero-order valence-electron chi connectivity index (χ0n) is 10.6. The molecule has 0 aromatic heterocycles. The molecular weight excluding hydrogens is 204 g/mol. The zero-order chi connectivity index (χ0) is 12.2. The van der Waals surface area contributed by atoms with Gasteiger partial charge in [0, 0.05) is 12.6 Å². The summed E-state index contributed by atoms with van der Waals surface area (Å²) in [5, 5.41) is 2.98. The summed E-state index contributed by atoms with van der Waals surface area (Å²) in [7, 11) is 0. The number of rotatable bonds is 5. The molecule has 1 aliphatic heterocycles. The molecule has 0 aromatic carbocycles. The number of hydrogen-bond donors (Lipinski definition) is 2. The number of ether oxygens (including phenoxy) is 1. The van der Waals surface area contributed by atoms with Gasteiger partial charge in [0.2, 0.25) is 5.91 Å². The van der Waals surface area contributed by atoms with E-state index in [1.165, 1.54) is 0 Å². The van der Waals surface area contributed by atoms with Gasteiger partial charge in [0.15, 0.2) is 0 Å². The molecule has 1 saturated heterocycles. The fourth-order valence-electron chi connectivity index (χ4n) is 1.96. The molecule has 3 N–H and O–H groups in total. The van der Waals surface area contributed by atoms with Gasteiger partial charge < -0.3 is 15.8 Å². The Balaban J connectivity index is 2.38. The highest BCUT2D eigenvalue weighted by atomic mass is 16.5. The maximum Gasteiger partial charge on any atom is 0.242 e. The minimum absolute atomic E-state index is 0.0687. The van der Waals surface area contributed by atoms with Crippen molar-refractivity contribution in [2.45, 2.75) is 51.6 Å². The highest BCUT2D eigenvalue weighted by molar-refractivity contribution is 5.86. The fraction of sp³-hybridized carbons (Fsp3) is 0.917. The first-order valence-electron chi connectivity index (χ1n) is 6.15. The van der Waals surface area contributed by atoms with Gasteiger partial charge in [-0.05, 0) is 25.7 Å². The van der Waals surface area contributed by atoms with Crippen LogP contribution in [0.3, 0.4) is 0 Å². The van der Waals surface area contributed by atoms with Crippen LogP contribution in [0.15, 0.2) is 0 Å². The van der Waals surface area contributed by atoms with Crippen LogP contribution < -0.4 is 11.1 Å². The lowest BCUT2D eigenvalue weighted by Crippen LogP contribution is -2.56. The standard InChI is InChI=1S/C12H24N2O2/c1-4-9(2)7-10(3)14-11(15)12(13)5-6-16-8-12/h9-10H,4-8,13H2,1-3H3,(H,14,15). The normalized spacial score (nSPS) is 28.8. The molecule has 94 valence electrons. The third kappa shape index (κ3) is 3.46. The largest absolute Gasteiger partial charge is 0.379 e. The monoisotopic (exact) mass is 228 g/mol. The lowest BCUT2D eigenvalue weighted by molar-refractivity contribution is -0.127. The Labute approximate surface area is 97.9 Å². The van der Waals surface area contributed by atoms with Gasteiger partial charge in [-0.15, -0.1) is 0 Å². The summed E-state index contributed by atoms with van der Waals surface area (Å²) in [6.07, 6.45) is 2.76. The van der Waals surface area contributed by atoms with Crippen LogP contribution in [0.4, 0.5) is 0 Å². The zero-order valence-corrected chi connectivity index (χ0v) is 10.6. The van der Waals surface area contributed by atoms with Crippen LogP contribution in [0, 0.1) is 5.92 Å². The van der Waals surface area contributed by atoms with Gasteiger partial charge in [-0.1, -0.05) is 20.3 Å². The third-order valence-electron chi connectivity index (χ3n) is 3.33. The van der Waals surface area contributed by atoms with E-state index in [0.717, 1.165) is 12.8 Å². The Morgan fingerprint density at radius 1 is 1.56 bits per heavy atom. The molecule has 1 amide bonds. The molecule has 3 atom stereocenters. The Hall–Kier alpha value is -0.610. The van der Waals surface area contributed by atoms with Gasteiger partial charge in [-0.25, -0.2) is 0 Å². The number of nitrogens with two attached hydrogens (primary N) is 1. The summed E-state index contributed by atoms with van der Waals surface area (Å²) >= 11 is 0. The average Bonchev–Trinajstić information content (AvgIpc) is 2.66. The number of carbonyl (C=O) groups excluding carboxylic acids is 1. The SMILES string of the molecule is CCC(C)CC(C)NC(=O)C1(N)CCOC1. The van der Waals surface area contributed by atoms with Gasteiger partial charge in [0.05, 0.1) is 6.61 Å². The van der Waals surface area contributed by atoms with Crippen molar-refractivity contribution in [1.82, 2.24) is 5.32 Å². The summed E-state index contributed by atoms with van der Waals surface area (Å²) in [5.74, 6) is 0.560.